The Morgan fingerprint density at radius 3 is 2.39 bits per heavy atom. The highest BCUT2D eigenvalue weighted by Crippen LogP contribution is 2.26. The van der Waals surface area contributed by atoms with E-state index in [1.807, 2.05) is 13.8 Å². The van der Waals surface area contributed by atoms with Crippen molar-refractivity contribution < 1.29 is 33.4 Å². The Morgan fingerprint density at radius 2 is 1.75 bits per heavy atom. The van der Waals surface area contributed by atoms with Gasteiger partial charge in [0.1, 0.15) is 17.3 Å². The number of nitrogens with one attached hydrogen (secondary N) is 4. The normalized spacial score (nSPS) is 15.9. The molecule has 2 heterocycles. The number of amides is 3. The number of H-pyrrole nitrogens is 1. The molecule has 1 fully saturated rings. The van der Waals surface area contributed by atoms with Crippen molar-refractivity contribution in [3.05, 3.63) is 57.8 Å². The molecule has 3 aromatic rings. The van der Waals surface area contributed by atoms with Crippen LogP contribution in [-0.2, 0) is 19.1 Å². The fourth-order valence-corrected chi connectivity index (χ4v) is 5.46. The van der Waals surface area contributed by atoms with Crippen molar-refractivity contribution in [2.24, 2.45) is 11.8 Å². The lowest BCUT2D eigenvalue weighted by Gasteiger charge is -2.25. The van der Waals surface area contributed by atoms with E-state index in [1.54, 1.807) is 24.3 Å². The zero-order valence-electron chi connectivity index (χ0n) is 24.4. The number of imidazole rings is 1. The fraction of sp³-hybridized carbons (Fsp3) is 0.400. The number of nitrogens with zero attached hydrogens (tertiary/aromatic N) is 1. The molecule has 2 aromatic carbocycles. The number of hydrogen-bond acceptors (Lipinski definition) is 8. The van der Waals surface area contributed by atoms with Crippen LogP contribution in [0.25, 0.3) is 11.0 Å². The maximum Gasteiger partial charge on any atom is 0.341 e. The number of aromatic nitrogens is 2. The van der Waals surface area contributed by atoms with Crippen molar-refractivity contribution in [2.75, 3.05) is 20.3 Å². The van der Waals surface area contributed by atoms with E-state index in [9.17, 15) is 24.0 Å². The molecule has 4 N–H and O–H groups in total. The first kappa shape index (κ1) is 32.7. The minimum absolute atomic E-state index is 0.0158. The molecule has 1 saturated heterocycles. The van der Waals surface area contributed by atoms with Crippen LogP contribution in [0, 0.1) is 11.8 Å². The Hall–Kier alpha value is -4.16. The predicted molar refractivity (Wildman–Crippen MR) is 163 cm³/mol. The van der Waals surface area contributed by atoms with Gasteiger partial charge in [-0.2, -0.15) is 0 Å². The van der Waals surface area contributed by atoms with Gasteiger partial charge in [-0.05, 0) is 49.4 Å². The third-order valence-corrected chi connectivity index (χ3v) is 7.77. The number of ketones is 1. The summed E-state index contributed by atoms with van der Waals surface area (Å²) in [5.74, 6) is -3.18. The van der Waals surface area contributed by atoms with Crippen LogP contribution in [0.1, 0.15) is 54.1 Å². The van der Waals surface area contributed by atoms with Crippen LogP contribution in [0.3, 0.4) is 0 Å². The van der Waals surface area contributed by atoms with E-state index in [2.05, 4.69) is 25.9 Å². The molecule has 0 radical (unpaired) electrons. The second-order valence-corrected chi connectivity index (χ2v) is 11.6. The van der Waals surface area contributed by atoms with Crippen molar-refractivity contribution in [1.29, 1.82) is 0 Å². The van der Waals surface area contributed by atoms with Crippen LogP contribution in [0.15, 0.2) is 36.4 Å². The highest BCUT2D eigenvalue weighted by atomic mass is 35.5. The smallest absolute Gasteiger partial charge is 0.341 e. The molecule has 0 spiro atoms. The van der Waals surface area contributed by atoms with Gasteiger partial charge in [-0.3, -0.25) is 19.2 Å². The van der Waals surface area contributed by atoms with Crippen LogP contribution in [0.4, 0.5) is 0 Å². The highest BCUT2D eigenvalue weighted by molar-refractivity contribution is 6.39. The number of carbonyl (C=O) groups excluding carboxylic acids is 5. The Bertz CT molecular complexity index is 1550. The van der Waals surface area contributed by atoms with E-state index in [4.69, 9.17) is 32.7 Å². The molecule has 1 aliphatic heterocycles. The average molecular weight is 647 g/mol. The number of fused-ring (bicyclic) bond motifs is 1. The van der Waals surface area contributed by atoms with E-state index in [0.29, 0.717) is 29.7 Å². The summed E-state index contributed by atoms with van der Waals surface area (Å²) in [4.78, 5) is 72.3. The molecular formula is C30H33Cl2N5O7. The van der Waals surface area contributed by atoms with Gasteiger partial charge in [0.15, 0.2) is 18.2 Å². The highest BCUT2D eigenvalue weighted by Gasteiger charge is 2.34. The lowest BCUT2D eigenvalue weighted by molar-refractivity contribution is -0.131. The number of Topliss-reactive ketones (excluding diaryl/α,β-unsaturated/α-hetero) is 1. The largest absolute Gasteiger partial charge is 0.494 e. The van der Waals surface area contributed by atoms with Gasteiger partial charge in [0.25, 0.3) is 5.91 Å². The van der Waals surface area contributed by atoms with Crippen LogP contribution in [0.5, 0.6) is 5.75 Å². The molecule has 0 bridgehead atoms. The molecule has 14 heteroatoms. The molecule has 1 aromatic heterocycles. The molecule has 12 nitrogen and oxygen atoms in total. The van der Waals surface area contributed by atoms with Crippen molar-refractivity contribution in [3.8, 4) is 5.75 Å². The molecule has 2 unspecified atom stereocenters. The van der Waals surface area contributed by atoms with Crippen molar-refractivity contribution in [2.45, 2.75) is 45.2 Å². The maximum atomic E-state index is 13.6. The number of ether oxygens (including phenoxy) is 2. The first-order valence-corrected chi connectivity index (χ1v) is 14.8. The zero-order valence-corrected chi connectivity index (χ0v) is 25.9. The summed E-state index contributed by atoms with van der Waals surface area (Å²) >= 11 is 12.2. The summed E-state index contributed by atoms with van der Waals surface area (Å²) in [6.07, 6.45) is 0.688. The van der Waals surface area contributed by atoms with Crippen molar-refractivity contribution in [1.82, 2.24) is 25.9 Å². The maximum absolute atomic E-state index is 13.6. The first-order valence-electron chi connectivity index (χ1n) is 14.0. The van der Waals surface area contributed by atoms with E-state index in [-0.39, 0.29) is 46.1 Å². The Balaban J connectivity index is 1.50. The van der Waals surface area contributed by atoms with Crippen LogP contribution in [-0.4, -0.2) is 71.8 Å². The number of para-hydroxylation sites is 1. The molecule has 3 atom stereocenters. The van der Waals surface area contributed by atoms with Gasteiger partial charge in [-0.15, -0.1) is 0 Å². The molecule has 44 heavy (non-hydrogen) atoms. The molecule has 1 aliphatic rings. The number of esters is 1. The molecule has 4 rings (SSSR count). The van der Waals surface area contributed by atoms with Crippen LogP contribution in [0.2, 0.25) is 10.0 Å². The fourth-order valence-electron chi connectivity index (χ4n) is 4.91. The minimum atomic E-state index is -1.19. The Morgan fingerprint density at radius 1 is 1.05 bits per heavy atom. The molecule has 234 valence electrons. The quantitative estimate of drug-likeness (QED) is 0.205. The number of benzene rings is 2. The standard InChI is InChI=1S/C30H33Cl2N5O7/c1-15(2)12-21(36-29(41)26-34-19-8-5-9-23(43-3)25(19)37-26)28(40)35-20(13-16-10-11-33-27(16)39)22(38)14-44-30(42)24-17(31)6-4-7-18(24)32/h4-9,15-16,20-21H,10-14H2,1-3H3,(H,33,39)(H,34,37)(H,35,40)(H,36,41)/t16?,20?,21-/m1/s1. The van der Waals surface area contributed by atoms with Gasteiger partial charge >= 0.3 is 5.97 Å². The first-order chi connectivity index (χ1) is 21.0. The van der Waals surface area contributed by atoms with E-state index < -0.39 is 48.2 Å². The predicted octanol–water partition coefficient (Wildman–Crippen LogP) is 3.46. The van der Waals surface area contributed by atoms with Crippen LogP contribution >= 0.6 is 23.2 Å². The van der Waals surface area contributed by atoms with E-state index >= 15 is 0 Å². The lowest BCUT2D eigenvalue weighted by atomic mass is 9.95. The van der Waals surface area contributed by atoms with Gasteiger partial charge < -0.3 is 30.4 Å². The zero-order chi connectivity index (χ0) is 32.0. The van der Waals surface area contributed by atoms with Gasteiger partial charge in [0, 0.05) is 12.5 Å². The average Bonchev–Trinajstić information content (AvgIpc) is 3.60. The van der Waals surface area contributed by atoms with E-state index in [1.165, 1.54) is 19.2 Å². The SMILES string of the molecule is COc1cccc2[nH]c(C(=O)N[C@H](CC(C)C)C(=O)NC(CC3CCNC3=O)C(=O)COC(=O)c3c(Cl)cccc3Cl)nc12. The van der Waals surface area contributed by atoms with Gasteiger partial charge in [-0.1, -0.05) is 49.2 Å². The second kappa shape index (κ2) is 14.5. The number of methoxy groups -OCH3 is 1. The Kier molecular flexibility index (Phi) is 10.8. The molecule has 3 amide bonds. The third kappa shape index (κ3) is 7.86. The molecule has 0 saturated carbocycles. The number of halogens is 2. The summed E-state index contributed by atoms with van der Waals surface area (Å²) in [6.45, 7) is 3.49. The molecular weight excluding hydrogens is 613 g/mol. The summed E-state index contributed by atoms with van der Waals surface area (Å²) in [7, 11) is 1.49. The number of carbonyl (C=O) groups is 5. The third-order valence-electron chi connectivity index (χ3n) is 7.14. The van der Waals surface area contributed by atoms with Crippen molar-refractivity contribution >= 4 is 63.7 Å². The van der Waals surface area contributed by atoms with Gasteiger partial charge in [-0.25, -0.2) is 9.78 Å². The Labute approximate surface area is 263 Å². The van der Waals surface area contributed by atoms with E-state index in [0.717, 1.165) is 0 Å². The summed E-state index contributed by atoms with van der Waals surface area (Å²) in [5.41, 5.74) is 0.938. The number of hydrogen-bond donors (Lipinski definition) is 4. The monoisotopic (exact) mass is 645 g/mol. The van der Waals surface area contributed by atoms with Crippen molar-refractivity contribution in [3.63, 3.8) is 0 Å². The second-order valence-electron chi connectivity index (χ2n) is 10.8. The minimum Gasteiger partial charge on any atom is -0.494 e. The number of rotatable bonds is 13. The number of aromatic amines is 1. The van der Waals surface area contributed by atoms with Gasteiger partial charge in [0.05, 0.1) is 34.3 Å². The summed E-state index contributed by atoms with van der Waals surface area (Å²) in [6, 6.07) is 7.43. The molecule has 0 aliphatic carbocycles. The summed E-state index contributed by atoms with van der Waals surface area (Å²) < 4.78 is 10.5. The topological polar surface area (TPSA) is 169 Å². The van der Waals surface area contributed by atoms with Crippen LogP contribution < -0.4 is 20.7 Å². The lowest BCUT2D eigenvalue weighted by Crippen LogP contribution is -2.53. The van der Waals surface area contributed by atoms with Gasteiger partial charge in [0.2, 0.25) is 11.8 Å². The summed E-state index contributed by atoms with van der Waals surface area (Å²) in [5, 5.41) is 8.20.